The van der Waals surface area contributed by atoms with Gasteiger partial charge in [0.1, 0.15) is 0 Å². The van der Waals surface area contributed by atoms with E-state index in [4.69, 9.17) is 4.74 Å². The fraction of sp³-hybridized carbons (Fsp3) is 0.160. The van der Waals surface area contributed by atoms with E-state index in [0.717, 1.165) is 11.1 Å². The average Bonchev–Trinajstić information content (AvgIpc) is 2.78. The molecule has 3 aromatic carbocycles. The van der Waals surface area contributed by atoms with Gasteiger partial charge < -0.3 is 15.4 Å². The van der Waals surface area contributed by atoms with Crippen LogP contribution in [0, 0.1) is 6.92 Å². The highest BCUT2D eigenvalue weighted by atomic mass is 16.5. The highest BCUT2D eigenvalue weighted by molar-refractivity contribution is 6.04. The van der Waals surface area contributed by atoms with Gasteiger partial charge in [0.2, 0.25) is 0 Å². The summed E-state index contributed by atoms with van der Waals surface area (Å²) < 4.78 is 5.09. The van der Waals surface area contributed by atoms with E-state index in [0.29, 0.717) is 16.8 Å². The number of ether oxygens (including phenoxy) is 1. The summed E-state index contributed by atoms with van der Waals surface area (Å²) in [5.74, 6) is -1.43. The van der Waals surface area contributed by atoms with Crippen molar-refractivity contribution < 1.29 is 19.1 Å². The molecule has 0 saturated carbocycles. The molecule has 1 atom stereocenters. The van der Waals surface area contributed by atoms with Crippen LogP contribution in [0.3, 0.4) is 0 Å². The molecule has 0 aliphatic carbocycles. The van der Waals surface area contributed by atoms with E-state index in [1.165, 1.54) is 0 Å². The van der Waals surface area contributed by atoms with Gasteiger partial charge in [0.05, 0.1) is 22.9 Å². The Balaban J connectivity index is 1.61. The molecule has 0 bridgehead atoms. The zero-order valence-electron chi connectivity index (χ0n) is 17.4. The maximum absolute atomic E-state index is 12.8. The summed E-state index contributed by atoms with van der Waals surface area (Å²) in [4.78, 5) is 37.2. The van der Waals surface area contributed by atoms with Crippen molar-refractivity contribution in [2.24, 2.45) is 0 Å². The van der Waals surface area contributed by atoms with E-state index in [1.807, 2.05) is 50.2 Å². The molecule has 2 N–H and O–H groups in total. The summed E-state index contributed by atoms with van der Waals surface area (Å²) in [5.41, 5.74) is 2.94. The van der Waals surface area contributed by atoms with Crippen molar-refractivity contribution in [3.63, 3.8) is 0 Å². The van der Waals surface area contributed by atoms with Gasteiger partial charge in [-0.1, -0.05) is 60.2 Å². The first-order valence-corrected chi connectivity index (χ1v) is 9.92. The number of nitrogens with one attached hydrogen (secondary N) is 2. The number of amides is 2. The first-order chi connectivity index (χ1) is 14.9. The Labute approximate surface area is 181 Å². The van der Waals surface area contributed by atoms with Gasteiger partial charge >= 0.3 is 5.97 Å². The van der Waals surface area contributed by atoms with Crippen LogP contribution in [0.1, 0.15) is 44.8 Å². The molecule has 0 fully saturated rings. The van der Waals surface area contributed by atoms with E-state index in [1.54, 1.807) is 42.5 Å². The summed E-state index contributed by atoms with van der Waals surface area (Å²) in [5, 5.41) is 5.57. The third-order valence-corrected chi connectivity index (χ3v) is 4.68. The molecule has 0 radical (unpaired) electrons. The molecular formula is C25H24N2O4. The predicted molar refractivity (Wildman–Crippen MR) is 119 cm³/mol. The van der Waals surface area contributed by atoms with Crippen LogP contribution in [0.15, 0.2) is 78.9 Å². The summed E-state index contributed by atoms with van der Waals surface area (Å²) in [6.45, 7) is 3.30. The van der Waals surface area contributed by atoms with Crippen LogP contribution in [0.25, 0.3) is 0 Å². The lowest BCUT2D eigenvalue weighted by Crippen LogP contribution is -2.28. The van der Waals surface area contributed by atoms with Crippen LogP contribution >= 0.6 is 0 Å². The van der Waals surface area contributed by atoms with E-state index in [-0.39, 0.29) is 11.9 Å². The van der Waals surface area contributed by atoms with Crippen LogP contribution in [0.4, 0.5) is 5.69 Å². The van der Waals surface area contributed by atoms with Gasteiger partial charge in [-0.05, 0) is 43.7 Å². The molecule has 0 aliphatic heterocycles. The zero-order valence-corrected chi connectivity index (χ0v) is 17.4. The second-order valence-corrected chi connectivity index (χ2v) is 7.15. The van der Waals surface area contributed by atoms with Crippen LogP contribution in [0.5, 0.6) is 0 Å². The van der Waals surface area contributed by atoms with Gasteiger partial charge in [-0.25, -0.2) is 4.79 Å². The van der Waals surface area contributed by atoms with Gasteiger partial charge in [0.15, 0.2) is 6.61 Å². The van der Waals surface area contributed by atoms with Gasteiger partial charge in [-0.3, -0.25) is 9.59 Å². The standard InChI is InChI=1S/C25H24N2O4/c1-17-9-8-12-20(15-17)25(30)31-16-23(28)27-22-14-7-6-13-21(22)24(29)26-18(2)19-10-4-3-5-11-19/h3-15,18H,16H2,1-2H3,(H,26,29)(H,27,28)/t18-/m1/s1. The van der Waals surface area contributed by atoms with Crippen LogP contribution in [0.2, 0.25) is 0 Å². The molecule has 6 heteroatoms. The Morgan fingerprint density at radius 3 is 2.35 bits per heavy atom. The number of para-hydroxylation sites is 1. The lowest BCUT2D eigenvalue weighted by molar-refractivity contribution is -0.119. The Bertz CT molecular complexity index is 1080. The molecule has 3 aromatic rings. The Hall–Kier alpha value is -3.93. The molecule has 0 aliphatic rings. The molecular weight excluding hydrogens is 392 g/mol. The molecule has 3 rings (SSSR count). The Kier molecular flexibility index (Phi) is 7.17. The minimum Gasteiger partial charge on any atom is -0.452 e. The van der Waals surface area contributed by atoms with Crippen molar-refractivity contribution in [2.45, 2.75) is 19.9 Å². The van der Waals surface area contributed by atoms with E-state index >= 15 is 0 Å². The number of aryl methyl sites for hydroxylation is 1. The number of carbonyl (C=O) groups excluding carboxylic acids is 3. The van der Waals surface area contributed by atoms with E-state index in [2.05, 4.69) is 10.6 Å². The van der Waals surface area contributed by atoms with Crippen LogP contribution in [-0.4, -0.2) is 24.4 Å². The first-order valence-electron chi connectivity index (χ1n) is 9.92. The number of esters is 1. The Morgan fingerprint density at radius 1 is 0.903 bits per heavy atom. The van der Waals surface area contributed by atoms with Crippen molar-refractivity contribution in [2.75, 3.05) is 11.9 Å². The SMILES string of the molecule is Cc1cccc(C(=O)OCC(=O)Nc2ccccc2C(=O)N[C@H](C)c2ccccc2)c1. The number of rotatable bonds is 7. The summed E-state index contributed by atoms with van der Waals surface area (Å²) >= 11 is 0. The first kappa shape index (κ1) is 21.8. The highest BCUT2D eigenvalue weighted by Gasteiger charge is 2.17. The van der Waals surface area contributed by atoms with Crippen molar-refractivity contribution >= 4 is 23.5 Å². The molecule has 0 aromatic heterocycles. The molecule has 0 spiro atoms. The van der Waals surface area contributed by atoms with Crippen molar-refractivity contribution in [1.29, 1.82) is 0 Å². The number of anilines is 1. The number of carbonyl (C=O) groups is 3. The summed E-state index contributed by atoms with van der Waals surface area (Å²) in [7, 11) is 0. The molecule has 2 amide bonds. The van der Waals surface area contributed by atoms with E-state index in [9.17, 15) is 14.4 Å². The molecule has 0 unspecified atom stereocenters. The second kappa shape index (κ2) is 10.2. The zero-order chi connectivity index (χ0) is 22.2. The predicted octanol–water partition coefficient (Wildman–Crippen LogP) is 4.28. The highest BCUT2D eigenvalue weighted by Crippen LogP contribution is 2.18. The van der Waals surface area contributed by atoms with Crippen LogP contribution in [-0.2, 0) is 9.53 Å². The number of hydrogen-bond acceptors (Lipinski definition) is 4. The molecule has 0 heterocycles. The topological polar surface area (TPSA) is 84.5 Å². The smallest absolute Gasteiger partial charge is 0.338 e. The fourth-order valence-electron chi connectivity index (χ4n) is 3.06. The number of hydrogen-bond donors (Lipinski definition) is 2. The molecule has 31 heavy (non-hydrogen) atoms. The minimum absolute atomic E-state index is 0.201. The third-order valence-electron chi connectivity index (χ3n) is 4.68. The van der Waals surface area contributed by atoms with Gasteiger partial charge in [-0.2, -0.15) is 0 Å². The molecule has 158 valence electrons. The minimum atomic E-state index is -0.582. The molecule has 6 nitrogen and oxygen atoms in total. The van der Waals surface area contributed by atoms with Crippen molar-refractivity contribution in [3.8, 4) is 0 Å². The maximum atomic E-state index is 12.8. The third kappa shape index (κ3) is 6.02. The Morgan fingerprint density at radius 2 is 1.61 bits per heavy atom. The molecule has 0 saturated heterocycles. The quantitative estimate of drug-likeness (QED) is 0.563. The fourth-order valence-corrected chi connectivity index (χ4v) is 3.06. The van der Waals surface area contributed by atoms with Gasteiger partial charge in [-0.15, -0.1) is 0 Å². The second-order valence-electron chi connectivity index (χ2n) is 7.15. The van der Waals surface area contributed by atoms with Crippen LogP contribution < -0.4 is 10.6 Å². The average molecular weight is 416 g/mol. The monoisotopic (exact) mass is 416 g/mol. The van der Waals surface area contributed by atoms with Gasteiger partial charge in [0.25, 0.3) is 11.8 Å². The normalized spacial score (nSPS) is 11.3. The van der Waals surface area contributed by atoms with Gasteiger partial charge in [0, 0.05) is 0 Å². The maximum Gasteiger partial charge on any atom is 0.338 e. The van der Waals surface area contributed by atoms with Crippen molar-refractivity contribution in [1.82, 2.24) is 5.32 Å². The number of benzene rings is 3. The summed E-state index contributed by atoms with van der Waals surface area (Å²) in [6, 6.07) is 23.0. The summed E-state index contributed by atoms with van der Waals surface area (Å²) in [6.07, 6.45) is 0. The largest absolute Gasteiger partial charge is 0.452 e. The lowest BCUT2D eigenvalue weighted by Gasteiger charge is -2.16. The lowest BCUT2D eigenvalue weighted by atomic mass is 10.1. The van der Waals surface area contributed by atoms with Crippen molar-refractivity contribution in [3.05, 3.63) is 101 Å². The van der Waals surface area contributed by atoms with E-state index < -0.39 is 18.5 Å².